The SMILES string of the molecule is CCCC1c2cc(c(C)cc2C)Cc2cc(c(C)cc2C)Cc2cc(c(C)cc2C)C(CCC)c2cc1c(C)cc2C. The zero-order valence-electron chi connectivity index (χ0n) is 28.0. The second kappa shape index (κ2) is 12.2. The Hall–Kier alpha value is -3.12. The smallest absolute Gasteiger partial charge is 0.00946 e. The fourth-order valence-electron chi connectivity index (χ4n) is 7.88. The van der Waals surface area contributed by atoms with E-state index in [1.54, 1.807) is 0 Å². The van der Waals surface area contributed by atoms with Crippen molar-refractivity contribution in [1.82, 2.24) is 0 Å². The Bertz CT molecular complexity index is 1520. The van der Waals surface area contributed by atoms with Crippen molar-refractivity contribution in [1.29, 1.82) is 0 Å². The van der Waals surface area contributed by atoms with Gasteiger partial charge in [0.1, 0.15) is 0 Å². The Morgan fingerprint density at radius 1 is 0.381 bits per heavy atom. The molecule has 2 unspecified atom stereocenters. The van der Waals surface area contributed by atoms with Crippen molar-refractivity contribution in [3.8, 4) is 0 Å². The summed E-state index contributed by atoms with van der Waals surface area (Å²) in [6, 6.07) is 20.2. The lowest BCUT2D eigenvalue weighted by Gasteiger charge is -2.28. The predicted octanol–water partition coefficient (Wildman–Crippen LogP) is 11.5. The third kappa shape index (κ3) is 5.75. The molecule has 2 atom stereocenters. The number of rotatable bonds is 4. The van der Waals surface area contributed by atoms with Crippen LogP contribution in [0, 0.1) is 55.4 Å². The quantitative estimate of drug-likeness (QED) is 0.234. The van der Waals surface area contributed by atoms with Crippen LogP contribution in [0.25, 0.3) is 0 Å². The van der Waals surface area contributed by atoms with Crippen LogP contribution in [0.4, 0.5) is 0 Å². The molecule has 4 aromatic carbocycles. The lowest BCUT2D eigenvalue weighted by Crippen LogP contribution is -2.12. The highest BCUT2D eigenvalue weighted by molar-refractivity contribution is 5.53. The van der Waals surface area contributed by atoms with E-state index in [-0.39, 0.29) is 0 Å². The average Bonchev–Trinajstić information content (AvgIpc) is 2.92. The summed E-state index contributed by atoms with van der Waals surface area (Å²) in [7, 11) is 0. The molecule has 0 heteroatoms. The van der Waals surface area contributed by atoms with Gasteiger partial charge in [-0.05, 0) is 170 Å². The van der Waals surface area contributed by atoms with Crippen molar-refractivity contribution >= 4 is 0 Å². The van der Waals surface area contributed by atoms with E-state index >= 15 is 0 Å². The van der Waals surface area contributed by atoms with Crippen molar-refractivity contribution in [2.24, 2.45) is 0 Å². The van der Waals surface area contributed by atoms with Gasteiger partial charge in [-0.15, -0.1) is 0 Å². The van der Waals surface area contributed by atoms with Gasteiger partial charge in [0.2, 0.25) is 0 Å². The van der Waals surface area contributed by atoms with E-state index in [4.69, 9.17) is 0 Å². The van der Waals surface area contributed by atoms with Crippen LogP contribution in [-0.4, -0.2) is 0 Å². The van der Waals surface area contributed by atoms with Crippen LogP contribution in [0.1, 0.15) is 140 Å². The van der Waals surface area contributed by atoms with E-state index in [2.05, 4.69) is 118 Å². The Morgan fingerprint density at radius 2 is 0.667 bits per heavy atom. The number of fused-ring (bicyclic) bond motifs is 8. The molecule has 0 aromatic heterocycles. The fraction of sp³-hybridized carbons (Fsp3) is 0.429. The van der Waals surface area contributed by atoms with Crippen LogP contribution in [0.15, 0.2) is 48.5 Å². The van der Waals surface area contributed by atoms with E-state index in [0.29, 0.717) is 11.8 Å². The lowest BCUT2D eigenvalue weighted by molar-refractivity contribution is 0.672. The number of aryl methyl sites for hydroxylation is 8. The molecule has 0 nitrogen and oxygen atoms in total. The summed E-state index contributed by atoms with van der Waals surface area (Å²) >= 11 is 0. The highest BCUT2D eigenvalue weighted by atomic mass is 14.3. The van der Waals surface area contributed by atoms with Crippen LogP contribution < -0.4 is 0 Å². The van der Waals surface area contributed by atoms with Crippen LogP contribution in [0.5, 0.6) is 0 Å². The van der Waals surface area contributed by atoms with Gasteiger partial charge < -0.3 is 0 Å². The summed E-state index contributed by atoms with van der Waals surface area (Å²) in [4.78, 5) is 0. The third-order valence-corrected chi connectivity index (χ3v) is 10.3. The molecule has 0 aliphatic heterocycles. The molecule has 0 N–H and O–H groups in total. The van der Waals surface area contributed by atoms with Crippen molar-refractivity contribution in [2.75, 3.05) is 0 Å². The normalized spacial score (nSPS) is 16.5. The largest absolute Gasteiger partial charge is 0.0653 e. The minimum atomic E-state index is 0.410. The Morgan fingerprint density at radius 3 is 1.02 bits per heavy atom. The third-order valence-electron chi connectivity index (χ3n) is 10.3. The second-order valence-corrected chi connectivity index (χ2v) is 13.6. The van der Waals surface area contributed by atoms with Gasteiger partial charge in [-0.3, -0.25) is 0 Å². The van der Waals surface area contributed by atoms with Gasteiger partial charge in [-0.1, -0.05) is 75.2 Å². The summed E-state index contributed by atoms with van der Waals surface area (Å²) in [6.45, 7) is 23.3. The van der Waals surface area contributed by atoms with Crippen molar-refractivity contribution < 1.29 is 0 Å². The van der Waals surface area contributed by atoms with Gasteiger partial charge >= 0.3 is 0 Å². The Labute approximate surface area is 256 Å². The average molecular weight is 557 g/mol. The number of benzene rings is 4. The van der Waals surface area contributed by atoms with E-state index in [0.717, 1.165) is 12.8 Å². The molecule has 0 saturated heterocycles. The fourth-order valence-corrected chi connectivity index (χ4v) is 7.88. The maximum Gasteiger partial charge on any atom is 0.00946 e. The Balaban J connectivity index is 1.86. The van der Waals surface area contributed by atoms with E-state index in [1.807, 2.05) is 0 Å². The highest BCUT2D eigenvalue weighted by Gasteiger charge is 2.25. The van der Waals surface area contributed by atoms with Gasteiger partial charge in [0.15, 0.2) is 0 Å². The van der Waals surface area contributed by atoms with Gasteiger partial charge in [0.25, 0.3) is 0 Å². The van der Waals surface area contributed by atoms with E-state index < -0.39 is 0 Å². The topological polar surface area (TPSA) is 0 Å². The first kappa shape index (κ1) is 30.3. The molecule has 42 heavy (non-hydrogen) atoms. The van der Waals surface area contributed by atoms with Gasteiger partial charge in [-0.2, -0.15) is 0 Å². The molecule has 0 fully saturated rings. The molecule has 5 rings (SSSR count). The van der Waals surface area contributed by atoms with Crippen molar-refractivity contribution in [2.45, 2.75) is 120 Å². The van der Waals surface area contributed by atoms with Crippen molar-refractivity contribution in [3.63, 3.8) is 0 Å². The standard InChI is InChI=1S/C42H52/c1-11-13-37-39-22-35(27(5)16-29(39)7)20-33-19-34(26(4)15-25(33)3)21-36-23-40(30(8)17-28(36)6)38(14-12-2)42-24-41(37)31(9)18-32(42)10/h15-19,22-24,37-38H,11-14,20-21H2,1-10H3. The predicted molar refractivity (Wildman–Crippen MR) is 183 cm³/mol. The number of hydrogen-bond donors (Lipinski definition) is 0. The molecule has 0 saturated carbocycles. The zero-order valence-corrected chi connectivity index (χ0v) is 28.0. The molecule has 1 aliphatic rings. The maximum absolute atomic E-state index is 2.63. The monoisotopic (exact) mass is 556 g/mol. The molecule has 8 bridgehead atoms. The molecule has 220 valence electrons. The second-order valence-electron chi connectivity index (χ2n) is 13.6. The van der Waals surface area contributed by atoms with Gasteiger partial charge in [0, 0.05) is 11.8 Å². The minimum Gasteiger partial charge on any atom is -0.0653 e. The highest BCUT2D eigenvalue weighted by Crippen LogP contribution is 2.41. The van der Waals surface area contributed by atoms with Gasteiger partial charge in [-0.25, -0.2) is 0 Å². The molecule has 4 aromatic rings. The molecule has 1 aliphatic carbocycles. The first-order chi connectivity index (χ1) is 20.0. The summed E-state index contributed by atoms with van der Waals surface area (Å²) in [5.74, 6) is 0.821. The van der Waals surface area contributed by atoms with E-state index in [1.165, 1.54) is 115 Å². The van der Waals surface area contributed by atoms with Crippen molar-refractivity contribution in [3.05, 3.63) is 138 Å². The summed E-state index contributed by atoms with van der Waals surface area (Å²) < 4.78 is 0. The van der Waals surface area contributed by atoms with Crippen LogP contribution >= 0.6 is 0 Å². The molecular weight excluding hydrogens is 504 g/mol. The van der Waals surface area contributed by atoms with Crippen LogP contribution in [-0.2, 0) is 12.8 Å². The Kier molecular flexibility index (Phi) is 8.84. The zero-order chi connectivity index (χ0) is 30.3. The lowest BCUT2D eigenvalue weighted by atomic mass is 9.76. The molecular formula is C42H52. The maximum atomic E-state index is 2.63. The van der Waals surface area contributed by atoms with Crippen LogP contribution in [0.3, 0.4) is 0 Å². The van der Waals surface area contributed by atoms with Crippen LogP contribution in [0.2, 0.25) is 0 Å². The first-order valence-electron chi connectivity index (χ1n) is 16.4. The molecule has 0 heterocycles. The van der Waals surface area contributed by atoms with E-state index in [9.17, 15) is 0 Å². The molecule has 0 amide bonds. The number of hydrogen-bond acceptors (Lipinski definition) is 0. The summed E-state index contributed by atoms with van der Waals surface area (Å²) in [5, 5.41) is 0. The summed E-state index contributed by atoms with van der Waals surface area (Å²) in [6.07, 6.45) is 6.68. The van der Waals surface area contributed by atoms with Gasteiger partial charge in [0.05, 0.1) is 0 Å². The molecule has 0 spiro atoms. The first-order valence-corrected chi connectivity index (χ1v) is 16.4. The summed E-state index contributed by atoms with van der Waals surface area (Å²) in [5.41, 5.74) is 23.4. The molecule has 0 radical (unpaired) electrons. The minimum absolute atomic E-state index is 0.410.